The first-order valence-electron chi connectivity index (χ1n) is 8.41. The third kappa shape index (κ3) is 3.98. The predicted octanol–water partition coefficient (Wildman–Crippen LogP) is 2.06. The fraction of sp³-hybridized carbons (Fsp3) is 0.500. The summed E-state index contributed by atoms with van der Waals surface area (Å²) in [6.45, 7) is 1.83. The normalized spacial score (nSPS) is 25.6. The van der Waals surface area contributed by atoms with E-state index in [9.17, 15) is 13.2 Å². The Morgan fingerprint density at radius 2 is 2.04 bits per heavy atom. The van der Waals surface area contributed by atoms with Gasteiger partial charge in [-0.25, -0.2) is 8.42 Å². The van der Waals surface area contributed by atoms with Gasteiger partial charge < -0.3 is 9.80 Å². The minimum Gasteiger partial charge on any atom is -0.369 e. The largest absolute Gasteiger partial charge is 0.369 e. The summed E-state index contributed by atoms with van der Waals surface area (Å²) in [6.07, 6.45) is 3.96. The zero-order valence-electron chi connectivity index (χ0n) is 14.0. The Bertz CT molecular complexity index is 715. The third-order valence-electron chi connectivity index (χ3n) is 4.90. The van der Waals surface area contributed by atoms with Crippen LogP contribution in [0.4, 0.5) is 5.69 Å². The van der Waals surface area contributed by atoms with Gasteiger partial charge in [0.15, 0.2) is 9.84 Å². The minimum absolute atomic E-state index is 0.0293. The molecule has 3 rings (SSSR count). The first-order valence-corrected chi connectivity index (χ1v) is 10.1. The highest BCUT2D eigenvalue weighted by atomic mass is 32.2. The fourth-order valence-corrected chi connectivity index (χ4v) is 4.88. The summed E-state index contributed by atoms with van der Waals surface area (Å²) in [7, 11) is -1.25. The van der Waals surface area contributed by atoms with Crippen molar-refractivity contribution in [1.29, 1.82) is 0 Å². The molecule has 0 N–H and O–H groups in total. The second kappa shape index (κ2) is 6.97. The Morgan fingerprint density at radius 1 is 1.29 bits per heavy atom. The van der Waals surface area contributed by atoms with Crippen molar-refractivity contribution >= 4 is 21.4 Å². The summed E-state index contributed by atoms with van der Waals surface area (Å²) in [5.74, 6) is -0.0895. The molecule has 130 valence electrons. The number of benzene rings is 1. The van der Waals surface area contributed by atoms with Crippen LogP contribution in [0.5, 0.6) is 0 Å². The zero-order chi connectivity index (χ0) is 17.2. The molecule has 0 aromatic heterocycles. The van der Waals surface area contributed by atoms with E-state index in [1.165, 1.54) is 11.1 Å². The Labute approximate surface area is 143 Å². The van der Waals surface area contributed by atoms with Crippen LogP contribution in [0.2, 0.25) is 0 Å². The van der Waals surface area contributed by atoms with Crippen molar-refractivity contribution in [2.75, 3.05) is 30.8 Å². The summed E-state index contributed by atoms with van der Waals surface area (Å²) in [4.78, 5) is 16.7. The fourth-order valence-electron chi connectivity index (χ4n) is 3.48. The summed E-state index contributed by atoms with van der Waals surface area (Å²) >= 11 is 0. The number of carbonyl (C=O) groups is 1. The smallest absolute Gasteiger partial charge is 0.223 e. The van der Waals surface area contributed by atoms with Gasteiger partial charge in [0.2, 0.25) is 5.91 Å². The Morgan fingerprint density at radius 3 is 2.71 bits per heavy atom. The van der Waals surface area contributed by atoms with Crippen LogP contribution >= 0.6 is 0 Å². The maximum atomic E-state index is 12.5. The van der Waals surface area contributed by atoms with Crippen LogP contribution < -0.4 is 4.90 Å². The summed E-state index contributed by atoms with van der Waals surface area (Å²) < 4.78 is 23.0. The molecule has 5 nitrogen and oxygen atoms in total. The van der Waals surface area contributed by atoms with Gasteiger partial charge in [0.05, 0.1) is 5.75 Å². The average Bonchev–Trinajstić information content (AvgIpc) is 2.93. The van der Waals surface area contributed by atoms with Crippen molar-refractivity contribution in [3.8, 4) is 0 Å². The molecule has 2 heterocycles. The van der Waals surface area contributed by atoms with Gasteiger partial charge in [0.1, 0.15) is 0 Å². The van der Waals surface area contributed by atoms with E-state index in [1.807, 2.05) is 30.1 Å². The number of hydrogen-bond acceptors (Lipinski definition) is 4. The molecule has 2 unspecified atom stereocenters. The lowest BCUT2D eigenvalue weighted by Crippen LogP contribution is -2.49. The molecule has 0 saturated carbocycles. The molecule has 0 aliphatic carbocycles. The maximum Gasteiger partial charge on any atom is 0.223 e. The molecule has 6 heteroatoms. The first-order chi connectivity index (χ1) is 11.4. The van der Waals surface area contributed by atoms with Crippen molar-refractivity contribution in [1.82, 2.24) is 4.90 Å². The number of amides is 1. The molecule has 1 aromatic rings. The van der Waals surface area contributed by atoms with Gasteiger partial charge in [-0.1, -0.05) is 24.3 Å². The number of anilines is 1. The zero-order valence-corrected chi connectivity index (χ0v) is 14.8. The standard InChI is InChI=1S/C18H24N2O3S/c1-19(18(21)12-15-9-11-24(22,23)14-15)17-8-5-10-20(13-17)16-6-3-2-4-7-16/h2-4,6-7,9,11,15,17H,5,8,10,12-14H2,1H3. The molecule has 0 bridgehead atoms. The quantitative estimate of drug-likeness (QED) is 0.836. The Balaban J connectivity index is 1.59. The Hall–Kier alpha value is -1.82. The topological polar surface area (TPSA) is 57.7 Å². The van der Waals surface area contributed by atoms with Crippen LogP contribution in [0.25, 0.3) is 0 Å². The highest BCUT2D eigenvalue weighted by molar-refractivity contribution is 7.94. The number of allylic oxidation sites excluding steroid dienone is 1. The highest BCUT2D eigenvalue weighted by Gasteiger charge is 2.29. The molecule has 2 atom stereocenters. The maximum absolute atomic E-state index is 12.5. The van der Waals surface area contributed by atoms with Crippen molar-refractivity contribution in [2.24, 2.45) is 5.92 Å². The SMILES string of the molecule is CN(C(=O)CC1C=CS(=O)(=O)C1)C1CCCN(c2ccccc2)C1. The molecule has 1 aromatic carbocycles. The van der Waals surface area contributed by atoms with Gasteiger partial charge in [-0.2, -0.15) is 0 Å². The van der Waals surface area contributed by atoms with Gasteiger partial charge in [-0.05, 0) is 25.0 Å². The molecule has 2 aliphatic heterocycles. The molecule has 1 amide bonds. The predicted molar refractivity (Wildman–Crippen MR) is 95.5 cm³/mol. The Kier molecular flexibility index (Phi) is 4.94. The molecular formula is C18H24N2O3S. The monoisotopic (exact) mass is 348 g/mol. The van der Waals surface area contributed by atoms with Crippen molar-refractivity contribution in [2.45, 2.75) is 25.3 Å². The van der Waals surface area contributed by atoms with E-state index in [1.54, 1.807) is 6.08 Å². The molecule has 0 spiro atoms. The van der Waals surface area contributed by atoms with Gasteiger partial charge in [0.25, 0.3) is 0 Å². The van der Waals surface area contributed by atoms with Crippen LogP contribution in [0.15, 0.2) is 41.8 Å². The van der Waals surface area contributed by atoms with E-state index in [4.69, 9.17) is 0 Å². The third-order valence-corrected chi connectivity index (χ3v) is 6.36. The minimum atomic E-state index is -3.10. The van der Waals surface area contributed by atoms with Crippen LogP contribution in [-0.2, 0) is 14.6 Å². The average molecular weight is 348 g/mol. The number of para-hydroxylation sites is 1. The molecule has 2 aliphatic rings. The van der Waals surface area contributed by atoms with Crippen molar-refractivity contribution < 1.29 is 13.2 Å². The lowest BCUT2D eigenvalue weighted by Gasteiger charge is -2.39. The van der Waals surface area contributed by atoms with Crippen molar-refractivity contribution in [3.05, 3.63) is 41.8 Å². The van der Waals surface area contributed by atoms with Crippen LogP contribution in [0.3, 0.4) is 0 Å². The number of sulfone groups is 1. The van der Waals surface area contributed by atoms with Crippen LogP contribution in [-0.4, -0.2) is 51.2 Å². The van der Waals surface area contributed by atoms with E-state index in [-0.39, 0.29) is 30.0 Å². The summed E-state index contributed by atoms with van der Waals surface area (Å²) in [5.41, 5.74) is 1.19. The highest BCUT2D eigenvalue weighted by Crippen LogP contribution is 2.24. The number of rotatable bonds is 4. The molecule has 24 heavy (non-hydrogen) atoms. The van der Waals surface area contributed by atoms with E-state index < -0.39 is 9.84 Å². The number of likely N-dealkylation sites (N-methyl/N-ethyl adjacent to an activating group) is 1. The lowest BCUT2D eigenvalue weighted by atomic mass is 10.0. The number of hydrogen-bond donors (Lipinski definition) is 0. The number of nitrogens with zero attached hydrogens (tertiary/aromatic N) is 2. The molecule has 1 saturated heterocycles. The van der Waals surface area contributed by atoms with Gasteiger partial charge in [-0.3, -0.25) is 4.79 Å². The number of carbonyl (C=O) groups excluding carboxylic acids is 1. The molecular weight excluding hydrogens is 324 g/mol. The van der Waals surface area contributed by atoms with E-state index in [2.05, 4.69) is 17.0 Å². The van der Waals surface area contributed by atoms with Gasteiger partial charge in [-0.15, -0.1) is 0 Å². The lowest BCUT2D eigenvalue weighted by molar-refractivity contribution is -0.132. The number of piperidine rings is 1. The van der Waals surface area contributed by atoms with Gasteiger partial charge in [0, 0.05) is 49.6 Å². The first kappa shape index (κ1) is 17.0. The van der Waals surface area contributed by atoms with Gasteiger partial charge >= 0.3 is 0 Å². The van der Waals surface area contributed by atoms with E-state index in [0.29, 0.717) is 0 Å². The van der Waals surface area contributed by atoms with Crippen LogP contribution in [0.1, 0.15) is 19.3 Å². The molecule has 0 radical (unpaired) electrons. The van der Waals surface area contributed by atoms with Crippen LogP contribution in [0, 0.1) is 5.92 Å². The van der Waals surface area contributed by atoms with Crippen molar-refractivity contribution in [3.63, 3.8) is 0 Å². The van der Waals surface area contributed by atoms with E-state index >= 15 is 0 Å². The van der Waals surface area contributed by atoms with E-state index in [0.717, 1.165) is 25.9 Å². The molecule has 1 fully saturated rings. The second-order valence-corrected chi connectivity index (χ2v) is 8.64. The summed E-state index contributed by atoms with van der Waals surface area (Å²) in [5, 5.41) is 1.24. The summed E-state index contributed by atoms with van der Waals surface area (Å²) in [6, 6.07) is 10.4. The second-order valence-electron chi connectivity index (χ2n) is 6.70.